The molecule has 0 spiro atoms. The maximum Gasteiger partial charge on any atom is 0.142 e. The summed E-state index contributed by atoms with van der Waals surface area (Å²) < 4.78 is 0. The van der Waals surface area contributed by atoms with E-state index in [1.54, 1.807) is 12.3 Å². The number of nitriles is 1. The lowest BCUT2D eigenvalue weighted by molar-refractivity contribution is -0.0300. The van der Waals surface area contributed by atoms with Crippen molar-refractivity contribution in [2.45, 2.75) is 19.4 Å². The molecule has 0 amide bonds. The van der Waals surface area contributed by atoms with Gasteiger partial charge in [0.2, 0.25) is 0 Å². The highest BCUT2D eigenvalue weighted by Gasteiger charge is 2.43. The maximum absolute atomic E-state index is 10.1. The van der Waals surface area contributed by atoms with Gasteiger partial charge in [-0.1, -0.05) is 13.8 Å². The van der Waals surface area contributed by atoms with Crippen LogP contribution in [0, 0.1) is 17.2 Å². The van der Waals surface area contributed by atoms with Gasteiger partial charge in [-0.25, -0.2) is 4.98 Å². The Hall–Kier alpha value is -1.60. The molecule has 1 fully saturated rings. The molecule has 0 radical (unpaired) electrons. The fourth-order valence-corrected chi connectivity index (χ4v) is 1.84. The minimum atomic E-state index is -0.587. The summed E-state index contributed by atoms with van der Waals surface area (Å²) >= 11 is 0. The van der Waals surface area contributed by atoms with Crippen LogP contribution >= 0.6 is 0 Å². The Bertz CT molecular complexity index is 430. The summed E-state index contributed by atoms with van der Waals surface area (Å²) in [6.07, 6.45) is 1.63. The molecule has 4 heteroatoms. The third-order valence-electron chi connectivity index (χ3n) is 3.23. The maximum atomic E-state index is 10.1. The number of rotatable bonds is 2. The van der Waals surface area contributed by atoms with Crippen molar-refractivity contribution in [1.82, 2.24) is 4.98 Å². The Morgan fingerprint density at radius 3 is 2.81 bits per heavy atom. The van der Waals surface area contributed by atoms with Crippen molar-refractivity contribution in [2.75, 3.05) is 18.0 Å². The molecule has 16 heavy (non-hydrogen) atoms. The normalized spacial score (nSPS) is 18.1. The van der Waals surface area contributed by atoms with Crippen LogP contribution in [0.5, 0.6) is 0 Å². The molecule has 0 saturated carbocycles. The number of pyridine rings is 1. The number of hydrogen-bond donors (Lipinski definition) is 1. The third-order valence-corrected chi connectivity index (χ3v) is 3.23. The monoisotopic (exact) mass is 217 g/mol. The van der Waals surface area contributed by atoms with Gasteiger partial charge in [0.1, 0.15) is 17.4 Å². The largest absolute Gasteiger partial charge is 0.386 e. The van der Waals surface area contributed by atoms with Crippen molar-refractivity contribution in [2.24, 2.45) is 5.92 Å². The lowest BCUT2D eigenvalue weighted by Gasteiger charge is -2.50. The average Bonchev–Trinajstić information content (AvgIpc) is 2.24. The summed E-state index contributed by atoms with van der Waals surface area (Å²) in [7, 11) is 0. The van der Waals surface area contributed by atoms with E-state index in [2.05, 4.69) is 9.88 Å². The van der Waals surface area contributed by atoms with E-state index >= 15 is 0 Å². The van der Waals surface area contributed by atoms with E-state index in [1.807, 2.05) is 26.0 Å². The zero-order chi connectivity index (χ0) is 11.8. The molecule has 0 unspecified atom stereocenters. The van der Waals surface area contributed by atoms with Crippen LogP contribution in [0.3, 0.4) is 0 Å². The number of aromatic nitrogens is 1. The Morgan fingerprint density at radius 2 is 2.25 bits per heavy atom. The topological polar surface area (TPSA) is 60.1 Å². The molecule has 0 aliphatic carbocycles. The highest BCUT2D eigenvalue weighted by atomic mass is 16.3. The van der Waals surface area contributed by atoms with Crippen LogP contribution in [0.1, 0.15) is 19.5 Å². The number of nitrogens with zero attached hydrogens (tertiary/aromatic N) is 3. The second-order valence-electron chi connectivity index (χ2n) is 4.63. The fourth-order valence-electron chi connectivity index (χ4n) is 1.84. The Balaban J connectivity index is 2.10. The lowest BCUT2D eigenvalue weighted by Crippen LogP contribution is -2.64. The zero-order valence-corrected chi connectivity index (χ0v) is 9.51. The first-order valence-electron chi connectivity index (χ1n) is 5.38. The molecule has 0 aromatic carbocycles. The average molecular weight is 217 g/mol. The first-order chi connectivity index (χ1) is 7.55. The first kappa shape index (κ1) is 10.9. The molecule has 1 N–H and O–H groups in total. The first-order valence-corrected chi connectivity index (χ1v) is 5.38. The van der Waals surface area contributed by atoms with Gasteiger partial charge in [0.05, 0.1) is 0 Å². The van der Waals surface area contributed by atoms with Crippen molar-refractivity contribution in [3.05, 3.63) is 24.0 Å². The Morgan fingerprint density at radius 1 is 1.56 bits per heavy atom. The van der Waals surface area contributed by atoms with Gasteiger partial charge in [-0.3, -0.25) is 0 Å². The number of aliphatic hydroxyl groups is 1. The predicted octanol–water partition coefficient (Wildman–Crippen LogP) is 1.16. The van der Waals surface area contributed by atoms with E-state index in [4.69, 9.17) is 5.26 Å². The molecule has 0 atom stereocenters. The molecular weight excluding hydrogens is 202 g/mol. The minimum Gasteiger partial charge on any atom is -0.386 e. The van der Waals surface area contributed by atoms with Gasteiger partial charge < -0.3 is 10.0 Å². The minimum absolute atomic E-state index is 0.251. The second-order valence-corrected chi connectivity index (χ2v) is 4.63. The van der Waals surface area contributed by atoms with Crippen molar-refractivity contribution < 1.29 is 5.11 Å². The molecule has 1 aliphatic heterocycles. The summed E-state index contributed by atoms with van der Waals surface area (Å²) in [4.78, 5) is 5.98. The van der Waals surface area contributed by atoms with Crippen LogP contribution in [-0.2, 0) is 0 Å². The highest BCUT2D eigenvalue weighted by molar-refractivity contribution is 5.52. The standard InChI is InChI=1S/C12H15N3O/c1-9(2)12(16)7-15(8-12)11-3-4-14-10(5-11)6-13/h3-5,9,16H,7-8H2,1-2H3. The van der Waals surface area contributed by atoms with Gasteiger partial charge in [-0.05, 0) is 18.1 Å². The molecule has 1 saturated heterocycles. The van der Waals surface area contributed by atoms with E-state index in [1.165, 1.54) is 0 Å². The van der Waals surface area contributed by atoms with Crippen molar-refractivity contribution in [3.63, 3.8) is 0 Å². The molecule has 1 aromatic heterocycles. The zero-order valence-electron chi connectivity index (χ0n) is 9.51. The molecule has 84 valence electrons. The van der Waals surface area contributed by atoms with Gasteiger partial charge in [0.15, 0.2) is 0 Å². The van der Waals surface area contributed by atoms with E-state index in [0.717, 1.165) is 5.69 Å². The Labute approximate surface area is 95.1 Å². The van der Waals surface area contributed by atoms with Crippen LogP contribution in [0.2, 0.25) is 0 Å². The van der Waals surface area contributed by atoms with Crippen LogP contribution in [0.25, 0.3) is 0 Å². The molecule has 4 nitrogen and oxygen atoms in total. The second kappa shape index (κ2) is 3.76. The molecule has 0 bridgehead atoms. The van der Waals surface area contributed by atoms with Gasteiger partial charge in [-0.15, -0.1) is 0 Å². The van der Waals surface area contributed by atoms with Crippen molar-refractivity contribution in [1.29, 1.82) is 5.26 Å². The predicted molar refractivity (Wildman–Crippen MR) is 61.0 cm³/mol. The fraction of sp³-hybridized carbons (Fsp3) is 0.500. The van der Waals surface area contributed by atoms with Crippen LogP contribution in [0.15, 0.2) is 18.3 Å². The SMILES string of the molecule is CC(C)C1(O)CN(c2ccnc(C#N)c2)C1. The van der Waals surface area contributed by atoms with Gasteiger partial charge >= 0.3 is 0 Å². The quantitative estimate of drug-likeness (QED) is 0.807. The van der Waals surface area contributed by atoms with Crippen LogP contribution in [0.4, 0.5) is 5.69 Å². The van der Waals surface area contributed by atoms with E-state index in [-0.39, 0.29) is 5.92 Å². The Kier molecular flexibility index (Phi) is 2.56. The summed E-state index contributed by atoms with van der Waals surface area (Å²) in [6.45, 7) is 5.29. The highest BCUT2D eigenvalue weighted by Crippen LogP contribution is 2.32. The lowest BCUT2D eigenvalue weighted by atomic mass is 9.83. The smallest absolute Gasteiger partial charge is 0.142 e. The van der Waals surface area contributed by atoms with Crippen LogP contribution in [-0.4, -0.2) is 28.8 Å². The molecule has 1 aromatic rings. The van der Waals surface area contributed by atoms with E-state index < -0.39 is 5.60 Å². The van der Waals surface area contributed by atoms with Crippen molar-refractivity contribution in [3.8, 4) is 6.07 Å². The summed E-state index contributed by atoms with van der Waals surface area (Å²) in [5.41, 5.74) is 0.783. The summed E-state index contributed by atoms with van der Waals surface area (Å²) in [6, 6.07) is 5.63. The van der Waals surface area contributed by atoms with Crippen molar-refractivity contribution >= 4 is 5.69 Å². The number of anilines is 1. The number of hydrogen-bond acceptors (Lipinski definition) is 4. The number of β-amino-alcohol motifs (C(OH)–C–C–N with tert-alkyl or cyclic N) is 1. The molecule has 1 aliphatic rings. The van der Waals surface area contributed by atoms with E-state index in [0.29, 0.717) is 18.8 Å². The molecular formula is C12H15N3O. The summed E-state index contributed by atoms with van der Waals surface area (Å²) in [5.74, 6) is 0.251. The molecule has 2 heterocycles. The van der Waals surface area contributed by atoms with E-state index in [9.17, 15) is 5.11 Å². The van der Waals surface area contributed by atoms with Gasteiger partial charge in [0, 0.05) is 25.0 Å². The van der Waals surface area contributed by atoms with Gasteiger partial charge in [-0.2, -0.15) is 5.26 Å². The third kappa shape index (κ3) is 1.74. The molecule has 2 rings (SSSR count). The van der Waals surface area contributed by atoms with Gasteiger partial charge in [0.25, 0.3) is 0 Å². The summed E-state index contributed by atoms with van der Waals surface area (Å²) in [5, 5.41) is 18.9. The van der Waals surface area contributed by atoms with Crippen LogP contribution < -0.4 is 4.90 Å².